The van der Waals surface area contributed by atoms with Crippen LogP contribution in [0.1, 0.15) is 11.1 Å². The molecule has 2 heterocycles. The van der Waals surface area contributed by atoms with Gasteiger partial charge in [-0.15, -0.1) is 0 Å². The molecule has 1 aromatic carbocycles. The summed E-state index contributed by atoms with van der Waals surface area (Å²) >= 11 is 0. The lowest BCUT2D eigenvalue weighted by molar-refractivity contribution is 0.472. The maximum Gasteiger partial charge on any atom is 0.265 e. The molecular formula is C16H14N2O2. The maximum absolute atomic E-state index is 12.5. The Bertz CT molecular complexity index is 849. The van der Waals surface area contributed by atoms with Crippen molar-refractivity contribution in [3.8, 4) is 16.9 Å². The van der Waals surface area contributed by atoms with Gasteiger partial charge in [0.25, 0.3) is 5.56 Å². The van der Waals surface area contributed by atoms with Crippen LogP contribution in [0.5, 0.6) is 5.75 Å². The minimum absolute atomic E-state index is 0.0417. The standard InChI is InChI=1S/C16H14N2O2/c1-10-3-5-12(6-4-10)13-9-17-15-14(19)11(2)7-8-18(15)16(13)20/h3-9,19H,1-2H3. The van der Waals surface area contributed by atoms with E-state index in [4.69, 9.17) is 0 Å². The zero-order valence-electron chi connectivity index (χ0n) is 11.3. The molecule has 2 aromatic heterocycles. The Labute approximate surface area is 116 Å². The molecule has 0 aliphatic rings. The molecule has 3 rings (SSSR count). The summed E-state index contributed by atoms with van der Waals surface area (Å²) in [5.74, 6) is 0.0417. The van der Waals surface area contributed by atoms with Crippen molar-refractivity contribution in [3.05, 3.63) is 64.2 Å². The lowest BCUT2D eigenvalue weighted by Gasteiger charge is -2.07. The number of benzene rings is 1. The highest BCUT2D eigenvalue weighted by atomic mass is 16.3. The summed E-state index contributed by atoms with van der Waals surface area (Å²) < 4.78 is 1.37. The molecule has 0 saturated carbocycles. The second-order valence-corrected chi connectivity index (χ2v) is 4.88. The van der Waals surface area contributed by atoms with E-state index in [0.717, 1.165) is 11.1 Å². The van der Waals surface area contributed by atoms with Gasteiger partial charge in [-0.1, -0.05) is 29.8 Å². The topological polar surface area (TPSA) is 54.6 Å². The molecule has 0 radical (unpaired) electrons. The van der Waals surface area contributed by atoms with E-state index in [-0.39, 0.29) is 17.0 Å². The van der Waals surface area contributed by atoms with Crippen molar-refractivity contribution in [2.24, 2.45) is 0 Å². The Hall–Kier alpha value is -2.62. The first-order valence-electron chi connectivity index (χ1n) is 6.35. The van der Waals surface area contributed by atoms with Crippen molar-refractivity contribution in [1.29, 1.82) is 0 Å². The number of hydrogen-bond acceptors (Lipinski definition) is 3. The summed E-state index contributed by atoms with van der Waals surface area (Å²) in [7, 11) is 0. The Morgan fingerprint density at radius 2 is 1.80 bits per heavy atom. The van der Waals surface area contributed by atoms with Gasteiger partial charge in [0, 0.05) is 12.4 Å². The third-order valence-corrected chi connectivity index (χ3v) is 3.41. The minimum Gasteiger partial charge on any atom is -0.504 e. The molecule has 0 atom stereocenters. The molecule has 0 aliphatic carbocycles. The molecule has 3 aromatic rings. The number of aryl methyl sites for hydroxylation is 2. The van der Waals surface area contributed by atoms with E-state index >= 15 is 0 Å². The summed E-state index contributed by atoms with van der Waals surface area (Å²) in [4.78, 5) is 16.7. The SMILES string of the molecule is Cc1ccc(-c2cnc3c(O)c(C)ccn3c2=O)cc1. The van der Waals surface area contributed by atoms with Gasteiger partial charge in [0.1, 0.15) is 0 Å². The zero-order chi connectivity index (χ0) is 14.3. The monoisotopic (exact) mass is 266 g/mol. The van der Waals surface area contributed by atoms with E-state index in [9.17, 15) is 9.90 Å². The zero-order valence-corrected chi connectivity index (χ0v) is 11.3. The van der Waals surface area contributed by atoms with Gasteiger partial charge >= 0.3 is 0 Å². The third kappa shape index (κ3) is 1.86. The average molecular weight is 266 g/mol. The van der Waals surface area contributed by atoms with Gasteiger partial charge in [-0.05, 0) is 31.0 Å². The Morgan fingerprint density at radius 3 is 2.50 bits per heavy atom. The molecule has 4 nitrogen and oxygen atoms in total. The number of rotatable bonds is 1. The van der Waals surface area contributed by atoms with Gasteiger partial charge in [-0.2, -0.15) is 0 Å². The van der Waals surface area contributed by atoms with E-state index in [0.29, 0.717) is 11.1 Å². The summed E-state index contributed by atoms with van der Waals surface area (Å²) in [6, 6.07) is 9.40. The number of aromatic hydroxyl groups is 1. The number of aromatic nitrogens is 2. The number of hydrogen-bond donors (Lipinski definition) is 1. The van der Waals surface area contributed by atoms with Crippen LogP contribution in [-0.4, -0.2) is 14.5 Å². The molecule has 0 amide bonds. The normalized spacial score (nSPS) is 10.9. The largest absolute Gasteiger partial charge is 0.504 e. The molecule has 0 unspecified atom stereocenters. The van der Waals surface area contributed by atoms with Crippen molar-refractivity contribution in [2.45, 2.75) is 13.8 Å². The Kier molecular flexibility index (Phi) is 2.79. The fourth-order valence-corrected chi connectivity index (χ4v) is 2.16. The van der Waals surface area contributed by atoms with Crippen molar-refractivity contribution < 1.29 is 5.11 Å². The van der Waals surface area contributed by atoms with Crippen molar-refractivity contribution in [1.82, 2.24) is 9.38 Å². The summed E-state index contributed by atoms with van der Waals surface area (Å²) in [6.45, 7) is 3.77. The quantitative estimate of drug-likeness (QED) is 0.736. The fourth-order valence-electron chi connectivity index (χ4n) is 2.16. The number of pyridine rings is 1. The number of nitrogens with zero attached hydrogens (tertiary/aromatic N) is 2. The molecular weight excluding hydrogens is 252 g/mol. The molecule has 0 aliphatic heterocycles. The Morgan fingerprint density at radius 1 is 1.10 bits per heavy atom. The molecule has 20 heavy (non-hydrogen) atoms. The molecule has 100 valence electrons. The van der Waals surface area contributed by atoms with E-state index in [1.807, 2.05) is 31.2 Å². The minimum atomic E-state index is -0.186. The van der Waals surface area contributed by atoms with Gasteiger partial charge < -0.3 is 5.11 Å². The second-order valence-electron chi connectivity index (χ2n) is 4.88. The fraction of sp³-hybridized carbons (Fsp3) is 0.125. The van der Waals surface area contributed by atoms with Gasteiger partial charge in [-0.25, -0.2) is 4.98 Å². The van der Waals surface area contributed by atoms with Crippen LogP contribution in [0, 0.1) is 13.8 Å². The highest BCUT2D eigenvalue weighted by Gasteiger charge is 2.10. The first kappa shape index (κ1) is 12.4. The van der Waals surface area contributed by atoms with E-state index in [1.165, 1.54) is 10.6 Å². The first-order valence-corrected chi connectivity index (χ1v) is 6.35. The summed E-state index contributed by atoms with van der Waals surface area (Å²) in [6.07, 6.45) is 3.15. The molecule has 0 saturated heterocycles. The van der Waals surface area contributed by atoms with E-state index in [2.05, 4.69) is 4.98 Å². The van der Waals surface area contributed by atoms with Crippen molar-refractivity contribution >= 4 is 5.65 Å². The molecule has 4 heteroatoms. The third-order valence-electron chi connectivity index (χ3n) is 3.41. The van der Waals surface area contributed by atoms with E-state index in [1.54, 1.807) is 19.2 Å². The van der Waals surface area contributed by atoms with Gasteiger partial charge in [0.05, 0.1) is 5.56 Å². The molecule has 0 bridgehead atoms. The van der Waals surface area contributed by atoms with Crippen LogP contribution in [0.25, 0.3) is 16.8 Å². The van der Waals surface area contributed by atoms with Crippen LogP contribution in [0.15, 0.2) is 47.5 Å². The first-order chi connectivity index (χ1) is 9.58. The lowest BCUT2D eigenvalue weighted by Crippen LogP contribution is -2.16. The van der Waals surface area contributed by atoms with Crippen LogP contribution < -0.4 is 5.56 Å². The van der Waals surface area contributed by atoms with Crippen molar-refractivity contribution in [2.75, 3.05) is 0 Å². The van der Waals surface area contributed by atoms with Crippen LogP contribution in [0.4, 0.5) is 0 Å². The van der Waals surface area contributed by atoms with Crippen molar-refractivity contribution in [3.63, 3.8) is 0 Å². The molecule has 1 N–H and O–H groups in total. The smallest absolute Gasteiger partial charge is 0.265 e. The highest BCUT2D eigenvalue weighted by molar-refractivity contribution is 5.65. The average Bonchev–Trinajstić information content (AvgIpc) is 2.45. The lowest BCUT2D eigenvalue weighted by atomic mass is 10.1. The van der Waals surface area contributed by atoms with Crippen LogP contribution >= 0.6 is 0 Å². The van der Waals surface area contributed by atoms with Crippen LogP contribution in [-0.2, 0) is 0 Å². The maximum atomic E-state index is 12.5. The van der Waals surface area contributed by atoms with Gasteiger partial charge in [-0.3, -0.25) is 9.20 Å². The Balaban J connectivity index is 2.29. The summed E-state index contributed by atoms with van der Waals surface area (Å²) in [5.41, 5.74) is 3.27. The predicted octanol–water partition coefficient (Wildman–Crippen LogP) is 2.68. The van der Waals surface area contributed by atoms with Crippen LogP contribution in [0.2, 0.25) is 0 Å². The second kappa shape index (κ2) is 4.49. The van der Waals surface area contributed by atoms with E-state index < -0.39 is 0 Å². The molecule has 0 spiro atoms. The van der Waals surface area contributed by atoms with Crippen LogP contribution in [0.3, 0.4) is 0 Å². The molecule has 0 fully saturated rings. The number of fused-ring (bicyclic) bond motifs is 1. The highest BCUT2D eigenvalue weighted by Crippen LogP contribution is 2.21. The predicted molar refractivity (Wildman–Crippen MR) is 78.0 cm³/mol. The summed E-state index contributed by atoms with van der Waals surface area (Å²) in [5, 5.41) is 9.96. The van der Waals surface area contributed by atoms with Gasteiger partial charge in [0.15, 0.2) is 11.4 Å². The van der Waals surface area contributed by atoms with Gasteiger partial charge in [0.2, 0.25) is 0 Å².